The number of hydrogen-bond donors (Lipinski definition) is 1. The van der Waals surface area contributed by atoms with Crippen LogP contribution in [0.15, 0.2) is 36.4 Å². The van der Waals surface area contributed by atoms with Crippen LogP contribution in [-0.4, -0.2) is 17.0 Å². The van der Waals surface area contributed by atoms with Gasteiger partial charge in [0.05, 0.1) is 21.2 Å². The average Bonchev–Trinajstić information content (AvgIpc) is 2.50. The zero-order chi connectivity index (χ0) is 17.1. The summed E-state index contributed by atoms with van der Waals surface area (Å²) in [5.74, 6) is -1.77. The Labute approximate surface area is 143 Å². The summed E-state index contributed by atoms with van der Waals surface area (Å²) in [6.45, 7) is 3.74. The Hall–Kier alpha value is -2.04. The molecule has 0 aromatic heterocycles. The van der Waals surface area contributed by atoms with Crippen LogP contribution in [0.5, 0.6) is 5.75 Å². The van der Waals surface area contributed by atoms with Gasteiger partial charge in [-0.1, -0.05) is 49.2 Å². The van der Waals surface area contributed by atoms with Crippen LogP contribution in [0.2, 0.25) is 10.0 Å². The van der Waals surface area contributed by atoms with Gasteiger partial charge in [-0.2, -0.15) is 0 Å². The lowest BCUT2D eigenvalue weighted by atomic mass is 9.93. The predicted molar refractivity (Wildman–Crippen MR) is 88.9 cm³/mol. The third-order valence-electron chi connectivity index (χ3n) is 3.25. The van der Waals surface area contributed by atoms with Crippen LogP contribution in [0, 0.1) is 0 Å². The van der Waals surface area contributed by atoms with Crippen LogP contribution in [0.25, 0.3) is 0 Å². The van der Waals surface area contributed by atoms with Crippen LogP contribution in [-0.2, 0) is 0 Å². The molecule has 0 atom stereocenters. The molecule has 2 aromatic rings. The van der Waals surface area contributed by atoms with Gasteiger partial charge in [-0.05, 0) is 29.7 Å². The number of hydrogen-bond acceptors (Lipinski definition) is 3. The van der Waals surface area contributed by atoms with Crippen LogP contribution in [0.4, 0.5) is 0 Å². The highest BCUT2D eigenvalue weighted by atomic mass is 35.5. The van der Waals surface area contributed by atoms with E-state index >= 15 is 0 Å². The summed E-state index contributed by atoms with van der Waals surface area (Å²) in [7, 11) is 0. The molecule has 0 radical (unpaired) electrons. The molecule has 0 unspecified atom stereocenters. The molecule has 0 aliphatic rings. The fraction of sp³-hybridized carbons (Fsp3) is 0.176. The van der Waals surface area contributed by atoms with E-state index in [2.05, 4.69) is 0 Å². The van der Waals surface area contributed by atoms with Gasteiger partial charge in [-0.25, -0.2) is 9.59 Å². The van der Waals surface area contributed by atoms with E-state index in [0.29, 0.717) is 10.6 Å². The standard InChI is InChI=1S/C17H14Cl2O4/c1-9(2)11-4-3-5-12(16(20)21)15(11)17(22)23-10-6-7-13(18)14(19)8-10/h3-9H,1-2H3,(H,20,21). The highest BCUT2D eigenvalue weighted by Gasteiger charge is 2.23. The number of ether oxygens (including phenoxy) is 1. The molecule has 0 aliphatic heterocycles. The molecule has 0 heterocycles. The first-order valence-corrected chi connectivity index (χ1v) is 7.60. The minimum atomic E-state index is -1.19. The zero-order valence-electron chi connectivity index (χ0n) is 12.5. The summed E-state index contributed by atoms with van der Waals surface area (Å²) in [5, 5.41) is 9.90. The van der Waals surface area contributed by atoms with E-state index in [-0.39, 0.29) is 27.8 Å². The molecule has 0 bridgehead atoms. The zero-order valence-corrected chi connectivity index (χ0v) is 14.0. The Morgan fingerprint density at radius 3 is 2.35 bits per heavy atom. The molecule has 0 fully saturated rings. The second-order valence-electron chi connectivity index (χ2n) is 5.20. The lowest BCUT2D eigenvalue weighted by Crippen LogP contribution is -2.17. The number of esters is 1. The van der Waals surface area contributed by atoms with E-state index in [1.54, 1.807) is 12.1 Å². The lowest BCUT2D eigenvalue weighted by molar-refractivity contribution is 0.0667. The largest absolute Gasteiger partial charge is 0.478 e. The van der Waals surface area contributed by atoms with Crippen molar-refractivity contribution in [3.63, 3.8) is 0 Å². The number of carboxylic acids is 1. The molecule has 0 saturated heterocycles. The van der Waals surface area contributed by atoms with E-state index in [1.807, 2.05) is 13.8 Å². The molecule has 1 N–H and O–H groups in total. The minimum Gasteiger partial charge on any atom is -0.478 e. The molecule has 23 heavy (non-hydrogen) atoms. The third-order valence-corrected chi connectivity index (χ3v) is 3.99. The van der Waals surface area contributed by atoms with Crippen molar-refractivity contribution in [2.75, 3.05) is 0 Å². The number of carboxylic acid groups (broad SMARTS) is 1. The molecule has 120 valence electrons. The predicted octanol–water partition coefficient (Wildman–Crippen LogP) is 5.03. The van der Waals surface area contributed by atoms with Gasteiger partial charge in [0.25, 0.3) is 0 Å². The molecule has 0 spiro atoms. The number of aromatic carboxylic acids is 1. The molecule has 0 amide bonds. The maximum Gasteiger partial charge on any atom is 0.344 e. The van der Waals surface area contributed by atoms with Crippen molar-refractivity contribution >= 4 is 35.1 Å². The van der Waals surface area contributed by atoms with Crippen molar-refractivity contribution < 1.29 is 19.4 Å². The monoisotopic (exact) mass is 352 g/mol. The molecule has 0 saturated carbocycles. The van der Waals surface area contributed by atoms with Gasteiger partial charge in [0, 0.05) is 6.07 Å². The topological polar surface area (TPSA) is 63.6 Å². The maximum atomic E-state index is 12.5. The number of halogens is 2. The highest BCUT2D eigenvalue weighted by Crippen LogP contribution is 2.28. The smallest absolute Gasteiger partial charge is 0.344 e. The highest BCUT2D eigenvalue weighted by molar-refractivity contribution is 6.42. The first kappa shape index (κ1) is 17.3. The second kappa shape index (κ2) is 7.02. The molecule has 4 nitrogen and oxygen atoms in total. The Kier molecular flexibility index (Phi) is 5.29. The first-order valence-electron chi connectivity index (χ1n) is 6.84. The van der Waals surface area contributed by atoms with Gasteiger partial charge < -0.3 is 9.84 Å². The van der Waals surface area contributed by atoms with Crippen molar-refractivity contribution in [3.8, 4) is 5.75 Å². The number of carbonyl (C=O) groups excluding carboxylic acids is 1. The average molecular weight is 353 g/mol. The van der Waals surface area contributed by atoms with Crippen molar-refractivity contribution in [2.24, 2.45) is 0 Å². The fourth-order valence-electron chi connectivity index (χ4n) is 2.16. The van der Waals surface area contributed by atoms with Gasteiger partial charge in [0.2, 0.25) is 0 Å². The molecular formula is C17H14Cl2O4. The van der Waals surface area contributed by atoms with Gasteiger partial charge >= 0.3 is 11.9 Å². The normalized spacial score (nSPS) is 10.7. The van der Waals surface area contributed by atoms with Crippen molar-refractivity contribution in [3.05, 3.63) is 63.1 Å². The summed E-state index contributed by atoms with van der Waals surface area (Å²) in [5.41, 5.74) is 0.553. The quantitative estimate of drug-likeness (QED) is 0.618. The van der Waals surface area contributed by atoms with Crippen LogP contribution >= 0.6 is 23.2 Å². The molecular weight excluding hydrogens is 339 g/mol. The molecule has 0 aliphatic carbocycles. The Morgan fingerprint density at radius 1 is 1.09 bits per heavy atom. The maximum absolute atomic E-state index is 12.5. The van der Waals surface area contributed by atoms with Gasteiger partial charge in [-0.3, -0.25) is 0 Å². The van der Waals surface area contributed by atoms with E-state index in [1.165, 1.54) is 24.3 Å². The summed E-state index contributed by atoms with van der Waals surface area (Å²) in [6.07, 6.45) is 0. The first-order chi connectivity index (χ1) is 10.8. The van der Waals surface area contributed by atoms with Gasteiger partial charge in [-0.15, -0.1) is 0 Å². The fourth-order valence-corrected chi connectivity index (χ4v) is 2.44. The van der Waals surface area contributed by atoms with Crippen LogP contribution < -0.4 is 4.74 Å². The van der Waals surface area contributed by atoms with E-state index in [0.717, 1.165) is 0 Å². The molecule has 6 heteroatoms. The summed E-state index contributed by atoms with van der Waals surface area (Å²) in [6, 6.07) is 9.08. The summed E-state index contributed by atoms with van der Waals surface area (Å²) in [4.78, 5) is 23.9. The van der Waals surface area contributed by atoms with E-state index in [9.17, 15) is 14.7 Å². The van der Waals surface area contributed by atoms with Crippen LogP contribution in [0.3, 0.4) is 0 Å². The van der Waals surface area contributed by atoms with Crippen molar-refractivity contribution in [1.82, 2.24) is 0 Å². The van der Waals surface area contributed by atoms with Crippen LogP contribution in [0.1, 0.15) is 46.0 Å². The number of rotatable bonds is 4. The summed E-state index contributed by atoms with van der Waals surface area (Å²) >= 11 is 11.7. The molecule has 2 rings (SSSR count). The van der Waals surface area contributed by atoms with Gasteiger partial charge in [0.1, 0.15) is 5.75 Å². The number of carbonyl (C=O) groups is 2. The molecule has 2 aromatic carbocycles. The SMILES string of the molecule is CC(C)c1cccc(C(=O)O)c1C(=O)Oc1ccc(Cl)c(Cl)c1. The lowest BCUT2D eigenvalue weighted by Gasteiger charge is -2.14. The Balaban J connectivity index is 2.45. The minimum absolute atomic E-state index is 0.0364. The Bertz CT molecular complexity index is 769. The van der Waals surface area contributed by atoms with Crippen molar-refractivity contribution in [1.29, 1.82) is 0 Å². The van der Waals surface area contributed by atoms with E-state index in [4.69, 9.17) is 27.9 Å². The third kappa shape index (κ3) is 3.84. The van der Waals surface area contributed by atoms with E-state index < -0.39 is 11.9 Å². The number of benzene rings is 2. The Morgan fingerprint density at radius 2 is 1.78 bits per heavy atom. The second-order valence-corrected chi connectivity index (χ2v) is 6.01. The summed E-state index contributed by atoms with van der Waals surface area (Å²) < 4.78 is 5.27. The van der Waals surface area contributed by atoms with Crippen molar-refractivity contribution in [2.45, 2.75) is 19.8 Å². The van der Waals surface area contributed by atoms with Gasteiger partial charge in [0.15, 0.2) is 0 Å².